The summed E-state index contributed by atoms with van der Waals surface area (Å²) in [5.41, 5.74) is 3.48. The van der Waals surface area contributed by atoms with Gasteiger partial charge in [0.05, 0.1) is 5.75 Å². The second kappa shape index (κ2) is 5.12. The van der Waals surface area contributed by atoms with Crippen LogP contribution < -0.4 is 0 Å². The summed E-state index contributed by atoms with van der Waals surface area (Å²) in [5.74, 6) is -0.160. The molecule has 5 heteroatoms. The van der Waals surface area contributed by atoms with Gasteiger partial charge in [-0.3, -0.25) is 4.55 Å². The van der Waals surface area contributed by atoms with E-state index in [0.717, 1.165) is 24.1 Å². The molecule has 2 N–H and O–H groups in total. The number of benzene rings is 1. The van der Waals surface area contributed by atoms with E-state index in [0.29, 0.717) is 6.42 Å². The Labute approximate surface area is 107 Å². The first-order valence-electron chi connectivity index (χ1n) is 5.99. The van der Waals surface area contributed by atoms with E-state index in [1.807, 2.05) is 18.2 Å². The first-order valence-corrected chi connectivity index (χ1v) is 7.59. The van der Waals surface area contributed by atoms with E-state index in [1.54, 1.807) is 0 Å². The molecule has 0 amide bonds. The van der Waals surface area contributed by atoms with Crippen molar-refractivity contribution in [2.45, 2.75) is 26.2 Å². The molecule has 4 nitrogen and oxygen atoms in total. The predicted molar refractivity (Wildman–Crippen MR) is 72.4 cm³/mol. The number of aryl methyl sites for hydroxylation is 2. The minimum Gasteiger partial charge on any atom is -0.358 e. The van der Waals surface area contributed by atoms with E-state index in [-0.39, 0.29) is 5.75 Å². The van der Waals surface area contributed by atoms with Crippen LogP contribution >= 0.6 is 0 Å². The Balaban J connectivity index is 2.02. The summed E-state index contributed by atoms with van der Waals surface area (Å²) < 4.78 is 29.8. The fourth-order valence-electron chi connectivity index (χ4n) is 2.17. The number of H-pyrrole nitrogens is 1. The predicted octanol–water partition coefficient (Wildman–Crippen LogP) is 2.69. The highest BCUT2D eigenvalue weighted by Gasteiger charge is 2.08. The average Bonchev–Trinajstić information content (AvgIpc) is 2.62. The van der Waals surface area contributed by atoms with Crippen LogP contribution in [0.4, 0.5) is 0 Å². The number of hydrogen-bond donors (Lipinski definition) is 2. The highest BCUT2D eigenvalue weighted by molar-refractivity contribution is 7.85. The second-order valence-electron chi connectivity index (χ2n) is 4.52. The lowest BCUT2D eigenvalue weighted by molar-refractivity contribution is 0.480. The Kier molecular flexibility index (Phi) is 3.73. The van der Waals surface area contributed by atoms with Crippen LogP contribution in [0.5, 0.6) is 0 Å². The normalized spacial score (nSPS) is 12.1. The Morgan fingerprint density at radius 3 is 2.61 bits per heavy atom. The summed E-state index contributed by atoms with van der Waals surface area (Å²) >= 11 is 0. The number of aromatic nitrogens is 1. The Morgan fingerprint density at radius 1 is 1.22 bits per heavy atom. The van der Waals surface area contributed by atoms with Crippen molar-refractivity contribution in [3.8, 4) is 0 Å². The van der Waals surface area contributed by atoms with Gasteiger partial charge in [0.15, 0.2) is 0 Å². The highest BCUT2D eigenvalue weighted by atomic mass is 32.2. The fraction of sp³-hybridized carbons (Fsp3) is 0.385. The summed E-state index contributed by atoms with van der Waals surface area (Å²) in [6.07, 6.45) is 2.02. The maximum absolute atomic E-state index is 10.6. The number of unbranched alkanes of at least 4 members (excludes halogenated alkanes) is 1. The first kappa shape index (κ1) is 13.1. The zero-order chi connectivity index (χ0) is 13.2. The largest absolute Gasteiger partial charge is 0.358 e. The third-order valence-corrected chi connectivity index (χ3v) is 3.95. The molecule has 0 unspecified atom stereocenters. The molecular formula is C13H17NO3S. The molecule has 2 aromatic rings. The molecule has 0 radical (unpaired) electrons. The SMILES string of the molecule is Cc1c(CCCCS(=O)(=O)O)[nH]c2ccccc12. The van der Waals surface area contributed by atoms with Gasteiger partial charge in [0.1, 0.15) is 0 Å². The molecule has 0 fully saturated rings. The van der Waals surface area contributed by atoms with Crippen molar-refractivity contribution in [3.63, 3.8) is 0 Å². The van der Waals surface area contributed by atoms with E-state index in [2.05, 4.69) is 18.0 Å². The lowest BCUT2D eigenvalue weighted by Gasteiger charge is -2.00. The van der Waals surface area contributed by atoms with E-state index in [1.165, 1.54) is 10.9 Å². The third kappa shape index (κ3) is 3.11. The number of para-hydroxylation sites is 1. The van der Waals surface area contributed by atoms with Crippen LogP contribution in [0.15, 0.2) is 24.3 Å². The van der Waals surface area contributed by atoms with Crippen molar-refractivity contribution in [1.29, 1.82) is 0 Å². The van der Waals surface area contributed by atoms with Gasteiger partial charge in [0.25, 0.3) is 10.1 Å². The molecule has 1 heterocycles. The molecule has 2 rings (SSSR count). The van der Waals surface area contributed by atoms with Crippen molar-refractivity contribution in [2.75, 3.05) is 5.75 Å². The molecule has 0 aliphatic carbocycles. The molecular weight excluding hydrogens is 250 g/mol. The third-order valence-electron chi connectivity index (χ3n) is 3.15. The van der Waals surface area contributed by atoms with E-state index in [9.17, 15) is 8.42 Å². The summed E-state index contributed by atoms with van der Waals surface area (Å²) in [7, 11) is -3.82. The van der Waals surface area contributed by atoms with Crippen LogP contribution in [0.2, 0.25) is 0 Å². The van der Waals surface area contributed by atoms with Gasteiger partial charge in [-0.15, -0.1) is 0 Å². The average molecular weight is 267 g/mol. The van der Waals surface area contributed by atoms with Gasteiger partial charge in [-0.2, -0.15) is 8.42 Å². The Bertz CT molecular complexity index is 643. The van der Waals surface area contributed by atoms with Gasteiger partial charge >= 0.3 is 0 Å². The molecule has 0 saturated heterocycles. The highest BCUT2D eigenvalue weighted by Crippen LogP contribution is 2.22. The quantitative estimate of drug-likeness (QED) is 0.646. The molecule has 98 valence electrons. The van der Waals surface area contributed by atoms with Gasteiger partial charge in [-0.1, -0.05) is 18.2 Å². The zero-order valence-corrected chi connectivity index (χ0v) is 11.1. The second-order valence-corrected chi connectivity index (χ2v) is 6.09. The summed E-state index contributed by atoms with van der Waals surface area (Å²) in [6.45, 7) is 2.07. The van der Waals surface area contributed by atoms with Crippen LogP contribution in [0, 0.1) is 6.92 Å². The van der Waals surface area contributed by atoms with Crippen LogP contribution in [0.1, 0.15) is 24.1 Å². The molecule has 0 atom stereocenters. The van der Waals surface area contributed by atoms with Gasteiger partial charge in [0, 0.05) is 16.6 Å². The molecule has 0 spiro atoms. The minimum absolute atomic E-state index is 0.160. The van der Waals surface area contributed by atoms with Crippen molar-refractivity contribution < 1.29 is 13.0 Å². The van der Waals surface area contributed by atoms with E-state index in [4.69, 9.17) is 4.55 Å². The Hall–Kier alpha value is -1.33. The van der Waals surface area contributed by atoms with Crippen LogP contribution in [0.3, 0.4) is 0 Å². The zero-order valence-electron chi connectivity index (χ0n) is 10.3. The van der Waals surface area contributed by atoms with Crippen LogP contribution in [-0.2, 0) is 16.5 Å². The number of fused-ring (bicyclic) bond motifs is 1. The molecule has 1 aromatic carbocycles. The lowest BCUT2D eigenvalue weighted by atomic mass is 10.1. The molecule has 0 saturated carbocycles. The molecule has 18 heavy (non-hydrogen) atoms. The van der Waals surface area contributed by atoms with Crippen molar-refractivity contribution in [2.24, 2.45) is 0 Å². The number of aromatic amines is 1. The minimum atomic E-state index is -3.82. The summed E-state index contributed by atoms with van der Waals surface area (Å²) in [6, 6.07) is 8.10. The van der Waals surface area contributed by atoms with Gasteiger partial charge in [-0.25, -0.2) is 0 Å². The van der Waals surface area contributed by atoms with E-state index >= 15 is 0 Å². The fourth-order valence-corrected chi connectivity index (χ4v) is 2.74. The lowest BCUT2D eigenvalue weighted by Crippen LogP contribution is -2.04. The smallest absolute Gasteiger partial charge is 0.264 e. The number of hydrogen-bond acceptors (Lipinski definition) is 2. The van der Waals surface area contributed by atoms with Gasteiger partial charge < -0.3 is 4.98 Å². The summed E-state index contributed by atoms with van der Waals surface area (Å²) in [4.78, 5) is 3.35. The molecule has 0 aliphatic rings. The maximum Gasteiger partial charge on any atom is 0.264 e. The topological polar surface area (TPSA) is 70.2 Å². The van der Waals surface area contributed by atoms with Crippen molar-refractivity contribution in [1.82, 2.24) is 4.98 Å². The number of nitrogens with one attached hydrogen (secondary N) is 1. The number of rotatable bonds is 5. The first-order chi connectivity index (χ1) is 8.47. The molecule has 0 bridgehead atoms. The molecule has 1 aromatic heterocycles. The van der Waals surface area contributed by atoms with Crippen molar-refractivity contribution in [3.05, 3.63) is 35.5 Å². The van der Waals surface area contributed by atoms with Gasteiger partial charge in [0.2, 0.25) is 0 Å². The standard InChI is InChI=1S/C13H17NO3S/c1-10-11-6-2-3-8-13(11)14-12(10)7-4-5-9-18(15,16)17/h2-3,6,8,14H,4-5,7,9H2,1H3,(H,15,16,17). The molecule has 0 aliphatic heterocycles. The van der Waals surface area contributed by atoms with E-state index < -0.39 is 10.1 Å². The van der Waals surface area contributed by atoms with Crippen molar-refractivity contribution >= 4 is 21.0 Å². The summed E-state index contributed by atoms with van der Waals surface area (Å²) in [5, 5.41) is 1.21. The van der Waals surface area contributed by atoms with Crippen LogP contribution in [0.25, 0.3) is 10.9 Å². The Morgan fingerprint density at radius 2 is 1.94 bits per heavy atom. The monoisotopic (exact) mass is 267 g/mol. The van der Waals surface area contributed by atoms with Crippen LogP contribution in [-0.4, -0.2) is 23.7 Å². The maximum atomic E-state index is 10.6. The van der Waals surface area contributed by atoms with Gasteiger partial charge in [-0.05, 0) is 37.8 Å².